The van der Waals surface area contributed by atoms with E-state index in [0.717, 1.165) is 18.4 Å². The van der Waals surface area contributed by atoms with Crippen molar-refractivity contribution in [2.45, 2.75) is 19.4 Å². The molecule has 0 spiro atoms. The fourth-order valence-electron chi connectivity index (χ4n) is 2.38. The highest BCUT2D eigenvalue weighted by Gasteiger charge is 2.27. The van der Waals surface area contributed by atoms with Crippen molar-refractivity contribution < 1.29 is 19.4 Å². The zero-order chi connectivity index (χ0) is 15.2. The summed E-state index contributed by atoms with van der Waals surface area (Å²) in [4.78, 5) is 24.8. The van der Waals surface area contributed by atoms with E-state index in [-0.39, 0.29) is 24.9 Å². The number of carboxylic acid groups (broad SMARTS) is 1. The van der Waals surface area contributed by atoms with Crippen LogP contribution in [0.5, 0.6) is 0 Å². The number of nitrogens with zero attached hydrogens (tertiary/aromatic N) is 1. The number of amides is 1. The van der Waals surface area contributed by atoms with Crippen LogP contribution in [0.4, 0.5) is 0 Å². The quantitative estimate of drug-likeness (QED) is 0.905. The third-order valence-corrected chi connectivity index (χ3v) is 3.69. The number of aliphatic carboxylic acids is 1. The molecule has 0 radical (unpaired) electrons. The van der Waals surface area contributed by atoms with Crippen molar-refractivity contribution in [1.29, 1.82) is 0 Å². The molecule has 0 aliphatic carbocycles. The number of benzene rings is 1. The van der Waals surface area contributed by atoms with Crippen LogP contribution in [0.1, 0.15) is 18.4 Å². The Balaban J connectivity index is 2.07. The van der Waals surface area contributed by atoms with Gasteiger partial charge in [-0.2, -0.15) is 0 Å². The predicted molar refractivity (Wildman–Crippen MR) is 78.0 cm³/mol. The smallest absolute Gasteiger partial charge is 0.323 e. The minimum Gasteiger partial charge on any atom is -0.480 e. The molecular weight excluding hydrogens is 294 g/mol. The standard InChI is InChI=1S/C15H18ClNO4/c16-13-5-3-11(4-6-13)8-17(9-14(18)19)15(20)12-2-1-7-21-10-12/h3-6,12H,1-2,7-10H2,(H,18,19). The summed E-state index contributed by atoms with van der Waals surface area (Å²) in [7, 11) is 0. The summed E-state index contributed by atoms with van der Waals surface area (Å²) in [5.74, 6) is -1.42. The summed E-state index contributed by atoms with van der Waals surface area (Å²) in [6.07, 6.45) is 1.58. The van der Waals surface area contributed by atoms with Crippen LogP contribution in [-0.4, -0.2) is 41.6 Å². The first-order chi connectivity index (χ1) is 10.1. The van der Waals surface area contributed by atoms with Gasteiger partial charge in [0, 0.05) is 18.2 Å². The highest BCUT2D eigenvalue weighted by molar-refractivity contribution is 6.30. The summed E-state index contributed by atoms with van der Waals surface area (Å²) in [5.41, 5.74) is 0.853. The molecule has 1 amide bonds. The van der Waals surface area contributed by atoms with Gasteiger partial charge in [0.15, 0.2) is 0 Å². The van der Waals surface area contributed by atoms with Crippen molar-refractivity contribution in [3.63, 3.8) is 0 Å². The average molecular weight is 312 g/mol. The molecule has 1 unspecified atom stereocenters. The first-order valence-electron chi connectivity index (χ1n) is 6.89. The molecule has 2 rings (SSSR count). The minimum atomic E-state index is -1.02. The van der Waals surface area contributed by atoms with Gasteiger partial charge in [0.2, 0.25) is 5.91 Å². The Bertz CT molecular complexity index is 497. The van der Waals surface area contributed by atoms with Gasteiger partial charge >= 0.3 is 5.97 Å². The van der Waals surface area contributed by atoms with Crippen molar-refractivity contribution in [3.8, 4) is 0 Å². The highest BCUT2D eigenvalue weighted by Crippen LogP contribution is 2.18. The van der Waals surface area contributed by atoms with E-state index in [9.17, 15) is 9.59 Å². The molecule has 6 heteroatoms. The second kappa shape index (κ2) is 7.43. The second-order valence-corrected chi connectivity index (χ2v) is 5.57. The van der Waals surface area contributed by atoms with Crippen LogP contribution in [0.2, 0.25) is 5.02 Å². The zero-order valence-electron chi connectivity index (χ0n) is 11.6. The van der Waals surface area contributed by atoms with Crippen LogP contribution < -0.4 is 0 Å². The lowest BCUT2D eigenvalue weighted by Crippen LogP contribution is -2.41. The maximum atomic E-state index is 12.5. The average Bonchev–Trinajstić information content (AvgIpc) is 2.48. The molecule has 1 aromatic rings. The van der Waals surface area contributed by atoms with Crippen molar-refractivity contribution in [2.75, 3.05) is 19.8 Å². The van der Waals surface area contributed by atoms with E-state index in [1.807, 2.05) is 0 Å². The van der Waals surface area contributed by atoms with E-state index in [0.29, 0.717) is 18.2 Å². The summed E-state index contributed by atoms with van der Waals surface area (Å²) >= 11 is 5.83. The van der Waals surface area contributed by atoms with Gasteiger partial charge in [-0.05, 0) is 30.5 Å². The number of hydrogen-bond donors (Lipinski definition) is 1. The second-order valence-electron chi connectivity index (χ2n) is 5.13. The predicted octanol–water partition coefficient (Wildman–Crippen LogP) is 2.18. The summed E-state index contributed by atoms with van der Waals surface area (Å²) in [6.45, 7) is 0.992. The van der Waals surface area contributed by atoms with Crippen molar-refractivity contribution in [3.05, 3.63) is 34.9 Å². The third kappa shape index (κ3) is 4.72. The Hall–Kier alpha value is -1.59. The van der Waals surface area contributed by atoms with Gasteiger partial charge in [-0.1, -0.05) is 23.7 Å². The molecule has 1 atom stereocenters. The molecular formula is C15H18ClNO4. The van der Waals surface area contributed by atoms with Crippen molar-refractivity contribution in [2.24, 2.45) is 5.92 Å². The Morgan fingerprint density at radius 3 is 2.62 bits per heavy atom. The van der Waals surface area contributed by atoms with Gasteiger partial charge in [-0.3, -0.25) is 9.59 Å². The van der Waals surface area contributed by atoms with E-state index in [2.05, 4.69) is 0 Å². The number of carboxylic acids is 1. The zero-order valence-corrected chi connectivity index (χ0v) is 12.4. The molecule has 1 aliphatic rings. The lowest BCUT2D eigenvalue weighted by atomic mass is 10.0. The monoisotopic (exact) mass is 311 g/mol. The van der Waals surface area contributed by atoms with E-state index in [1.165, 1.54) is 4.90 Å². The molecule has 0 aromatic heterocycles. The fourth-order valence-corrected chi connectivity index (χ4v) is 2.50. The van der Waals surface area contributed by atoms with Crippen molar-refractivity contribution >= 4 is 23.5 Å². The lowest BCUT2D eigenvalue weighted by Gasteiger charge is -2.28. The SMILES string of the molecule is O=C(O)CN(Cc1ccc(Cl)cc1)C(=O)C1CCCOC1. The Morgan fingerprint density at radius 2 is 2.05 bits per heavy atom. The normalized spacial score (nSPS) is 18.2. The van der Waals surface area contributed by atoms with Crippen LogP contribution >= 0.6 is 11.6 Å². The van der Waals surface area contributed by atoms with Crippen LogP contribution in [0.3, 0.4) is 0 Å². The Kier molecular flexibility index (Phi) is 5.59. The first kappa shape index (κ1) is 15.8. The maximum absolute atomic E-state index is 12.5. The lowest BCUT2D eigenvalue weighted by molar-refractivity contribution is -0.149. The molecule has 5 nitrogen and oxygen atoms in total. The Labute approximate surface area is 128 Å². The number of hydrogen-bond acceptors (Lipinski definition) is 3. The fraction of sp³-hybridized carbons (Fsp3) is 0.467. The maximum Gasteiger partial charge on any atom is 0.323 e. The van der Waals surface area contributed by atoms with Gasteiger partial charge in [-0.15, -0.1) is 0 Å². The molecule has 1 aliphatic heterocycles. The highest BCUT2D eigenvalue weighted by atomic mass is 35.5. The van der Waals surface area contributed by atoms with Crippen LogP contribution in [0.15, 0.2) is 24.3 Å². The van der Waals surface area contributed by atoms with Gasteiger partial charge < -0.3 is 14.7 Å². The van der Waals surface area contributed by atoms with E-state index in [4.69, 9.17) is 21.4 Å². The molecule has 1 N–H and O–H groups in total. The number of carbonyl (C=O) groups is 2. The summed E-state index contributed by atoms with van der Waals surface area (Å²) in [6, 6.07) is 7.04. The van der Waals surface area contributed by atoms with Crippen LogP contribution in [0, 0.1) is 5.92 Å². The first-order valence-corrected chi connectivity index (χ1v) is 7.27. The molecule has 1 heterocycles. The van der Waals surface area contributed by atoms with Gasteiger partial charge in [0.25, 0.3) is 0 Å². The molecule has 1 aromatic carbocycles. The molecule has 21 heavy (non-hydrogen) atoms. The van der Waals surface area contributed by atoms with Crippen molar-refractivity contribution in [1.82, 2.24) is 4.90 Å². The summed E-state index contributed by atoms with van der Waals surface area (Å²) in [5, 5.41) is 9.61. The van der Waals surface area contributed by atoms with Gasteiger partial charge in [0.1, 0.15) is 6.54 Å². The Morgan fingerprint density at radius 1 is 1.33 bits per heavy atom. The number of ether oxygens (including phenoxy) is 1. The van der Waals surface area contributed by atoms with Crippen LogP contribution in [-0.2, 0) is 20.9 Å². The van der Waals surface area contributed by atoms with E-state index in [1.54, 1.807) is 24.3 Å². The molecule has 0 saturated carbocycles. The molecule has 0 bridgehead atoms. The van der Waals surface area contributed by atoms with E-state index >= 15 is 0 Å². The largest absolute Gasteiger partial charge is 0.480 e. The van der Waals surface area contributed by atoms with E-state index < -0.39 is 5.97 Å². The third-order valence-electron chi connectivity index (χ3n) is 3.43. The number of rotatable bonds is 5. The number of carbonyl (C=O) groups excluding carboxylic acids is 1. The topological polar surface area (TPSA) is 66.8 Å². The molecule has 114 valence electrons. The molecule has 1 fully saturated rings. The number of halogens is 1. The summed E-state index contributed by atoms with van der Waals surface area (Å²) < 4.78 is 5.31. The van der Waals surface area contributed by atoms with Gasteiger partial charge in [-0.25, -0.2) is 0 Å². The van der Waals surface area contributed by atoms with Crippen LogP contribution in [0.25, 0.3) is 0 Å². The minimum absolute atomic E-state index is 0.160. The molecule has 1 saturated heterocycles. The van der Waals surface area contributed by atoms with Gasteiger partial charge in [0.05, 0.1) is 12.5 Å².